The van der Waals surface area contributed by atoms with Gasteiger partial charge in [0.05, 0.1) is 25.1 Å². The highest BCUT2D eigenvalue weighted by atomic mass is 127. The number of aromatic nitrogens is 2. The molecule has 0 amide bonds. The Morgan fingerprint density at radius 1 is 1.00 bits per heavy atom. The number of aliphatic imine (C=N–C) groups is 1. The van der Waals surface area contributed by atoms with Gasteiger partial charge in [0.1, 0.15) is 11.6 Å². The normalized spacial score (nSPS) is 12.3. The summed E-state index contributed by atoms with van der Waals surface area (Å²) >= 11 is 2.33. The molecule has 33 heavy (non-hydrogen) atoms. The van der Waals surface area contributed by atoms with Crippen LogP contribution in [0.4, 0.5) is 16.0 Å². The number of methoxy groups -OCH3 is 1. The second-order valence-corrected chi connectivity index (χ2v) is 8.34. The van der Waals surface area contributed by atoms with Crippen molar-refractivity contribution in [1.29, 1.82) is 0 Å². The lowest BCUT2D eigenvalue weighted by molar-refractivity contribution is 0.415. The van der Waals surface area contributed by atoms with Crippen molar-refractivity contribution in [2.45, 2.75) is 11.0 Å². The fourth-order valence-corrected chi connectivity index (χ4v) is 4.30. The average Bonchev–Trinajstić information content (AvgIpc) is 3.01. The van der Waals surface area contributed by atoms with Crippen molar-refractivity contribution in [3.63, 3.8) is 0 Å². The predicted molar refractivity (Wildman–Crippen MR) is 137 cm³/mol. The van der Waals surface area contributed by atoms with E-state index in [1.807, 2.05) is 36.4 Å². The molecular formula is C26H20FIN4O. The molecule has 0 saturated carbocycles. The number of halogens is 2. The highest BCUT2D eigenvalue weighted by Gasteiger charge is 2.23. The van der Waals surface area contributed by atoms with E-state index < -0.39 is 0 Å². The molecule has 7 heteroatoms. The number of hydrogen-bond donors (Lipinski definition) is 1. The zero-order valence-corrected chi connectivity index (χ0v) is 20.0. The van der Waals surface area contributed by atoms with Gasteiger partial charge in [-0.05, 0) is 48.0 Å². The lowest BCUT2D eigenvalue weighted by Gasteiger charge is -2.14. The Balaban J connectivity index is 1.60. The Kier molecular flexibility index (Phi) is 6.04. The standard InChI is InChI=1S/C26H20FIN4O/c1-33-19-9-7-18(8-10-19)31-26-30-15-17-14-29-25(21-4-2-3-5-23(21)27)22-12-16(13-28)6-11-20(22)24(17)32-26/h2-12,15H,13-14H2,1H3,(H,30,31,32). The molecular weight excluding hydrogens is 530 g/mol. The molecule has 2 heterocycles. The Bertz CT molecular complexity index is 1360. The topological polar surface area (TPSA) is 59.4 Å². The fraction of sp³-hybridized carbons (Fsp3) is 0.115. The lowest BCUT2D eigenvalue weighted by Crippen LogP contribution is -2.08. The Morgan fingerprint density at radius 3 is 2.58 bits per heavy atom. The molecule has 0 saturated heterocycles. The smallest absolute Gasteiger partial charge is 0.227 e. The van der Waals surface area contributed by atoms with E-state index >= 15 is 0 Å². The highest BCUT2D eigenvalue weighted by Crippen LogP contribution is 2.33. The van der Waals surface area contributed by atoms with Crippen molar-refractivity contribution in [3.05, 3.63) is 101 Å². The molecule has 5 nitrogen and oxygen atoms in total. The quantitative estimate of drug-likeness (QED) is 0.234. The van der Waals surface area contributed by atoms with Crippen LogP contribution in [0.2, 0.25) is 0 Å². The minimum absolute atomic E-state index is 0.291. The molecule has 0 atom stereocenters. The van der Waals surface area contributed by atoms with Crippen molar-refractivity contribution in [1.82, 2.24) is 9.97 Å². The summed E-state index contributed by atoms with van der Waals surface area (Å²) in [6.07, 6.45) is 1.79. The molecule has 1 aliphatic rings. The van der Waals surface area contributed by atoms with E-state index in [0.717, 1.165) is 43.8 Å². The number of ether oxygens (including phenoxy) is 1. The Labute approximate surface area is 204 Å². The summed E-state index contributed by atoms with van der Waals surface area (Å²) in [5, 5.41) is 3.25. The van der Waals surface area contributed by atoms with E-state index in [2.05, 4.69) is 45.0 Å². The van der Waals surface area contributed by atoms with E-state index in [0.29, 0.717) is 23.8 Å². The van der Waals surface area contributed by atoms with Crippen LogP contribution in [0.1, 0.15) is 22.3 Å². The Hall–Kier alpha value is -3.33. The predicted octanol–water partition coefficient (Wildman–Crippen LogP) is 6.32. The molecule has 0 unspecified atom stereocenters. The van der Waals surface area contributed by atoms with E-state index in [-0.39, 0.29) is 5.82 Å². The minimum Gasteiger partial charge on any atom is -0.497 e. The average molecular weight is 550 g/mol. The first-order valence-electron chi connectivity index (χ1n) is 10.4. The van der Waals surface area contributed by atoms with Crippen LogP contribution in [0.25, 0.3) is 11.3 Å². The summed E-state index contributed by atoms with van der Waals surface area (Å²) in [6, 6.07) is 20.5. The van der Waals surface area contributed by atoms with Gasteiger partial charge in [-0.15, -0.1) is 0 Å². The van der Waals surface area contributed by atoms with Crippen molar-refractivity contribution in [2.24, 2.45) is 4.99 Å². The summed E-state index contributed by atoms with van der Waals surface area (Å²) in [4.78, 5) is 14.1. The second kappa shape index (κ2) is 9.27. The molecule has 0 fully saturated rings. The molecule has 3 aromatic carbocycles. The van der Waals surface area contributed by atoms with Crippen LogP contribution >= 0.6 is 22.6 Å². The number of benzene rings is 3. The number of anilines is 2. The van der Waals surface area contributed by atoms with Crippen LogP contribution in [0.3, 0.4) is 0 Å². The number of alkyl halides is 1. The largest absolute Gasteiger partial charge is 0.497 e. The van der Waals surface area contributed by atoms with Gasteiger partial charge in [-0.25, -0.2) is 14.4 Å². The third-order valence-electron chi connectivity index (χ3n) is 5.50. The number of nitrogens with one attached hydrogen (secondary N) is 1. The monoisotopic (exact) mass is 550 g/mol. The van der Waals surface area contributed by atoms with Crippen molar-refractivity contribution in [3.8, 4) is 17.0 Å². The summed E-state index contributed by atoms with van der Waals surface area (Å²) in [5.74, 6) is 0.972. The first-order valence-corrected chi connectivity index (χ1v) is 11.9. The molecule has 5 rings (SSSR count). The van der Waals surface area contributed by atoms with E-state index in [1.54, 1.807) is 25.4 Å². The first kappa shape index (κ1) is 21.5. The number of fused-ring (bicyclic) bond motifs is 3. The summed E-state index contributed by atoms with van der Waals surface area (Å²) in [5.41, 5.74) is 6.61. The van der Waals surface area contributed by atoms with E-state index in [9.17, 15) is 4.39 Å². The molecule has 1 aromatic heterocycles. The molecule has 164 valence electrons. The molecule has 0 radical (unpaired) electrons. The molecule has 1 N–H and O–H groups in total. The van der Waals surface area contributed by atoms with Gasteiger partial charge in [-0.2, -0.15) is 0 Å². The van der Waals surface area contributed by atoms with Crippen LogP contribution in [-0.4, -0.2) is 22.8 Å². The number of rotatable bonds is 5. The van der Waals surface area contributed by atoms with Crippen molar-refractivity contribution < 1.29 is 9.13 Å². The van der Waals surface area contributed by atoms with Gasteiger partial charge in [0.25, 0.3) is 0 Å². The van der Waals surface area contributed by atoms with Gasteiger partial charge in [0, 0.05) is 38.6 Å². The fourth-order valence-electron chi connectivity index (χ4n) is 3.83. The van der Waals surface area contributed by atoms with E-state index in [1.165, 1.54) is 6.07 Å². The van der Waals surface area contributed by atoms with Crippen LogP contribution in [0.15, 0.2) is 77.9 Å². The molecule has 4 aromatic rings. The molecule has 0 aliphatic carbocycles. The second-order valence-electron chi connectivity index (χ2n) is 7.58. The minimum atomic E-state index is -0.291. The zero-order valence-electron chi connectivity index (χ0n) is 17.8. The van der Waals surface area contributed by atoms with Crippen LogP contribution in [0.5, 0.6) is 5.75 Å². The van der Waals surface area contributed by atoms with Gasteiger partial charge >= 0.3 is 0 Å². The maximum atomic E-state index is 14.7. The maximum Gasteiger partial charge on any atom is 0.227 e. The van der Waals surface area contributed by atoms with Gasteiger partial charge in [-0.3, -0.25) is 4.99 Å². The van der Waals surface area contributed by atoms with Crippen LogP contribution < -0.4 is 10.1 Å². The SMILES string of the molecule is COc1ccc(Nc2ncc3c(n2)-c2ccc(CI)cc2C(c2ccccc2F)=NC3)cc1. The number of nitrogens with zero attached hydrogens (tertiary/aromatic N) is 3. The first-order chi connectivity index (χ1) is 16.2. The van der Waals surface area contributed by atoms with E-state index in [4.69, 9.17) is 14.7 Å². The van der Waals surface area contributed by atoms with Crippen LogP contribution in [0, 0.1) is 5.82 Å². The summed E-state index contributed by atoms with van der Waals surface area (Å²) in [6.45, 7) is 0.371. The van der Waals surface area contributed by atoms with Gasteiger partial charge in [0.15, 0.2) is 0 Å². The van der Waals surface area contributed by atoms with Crippen molar-refractivity contribution in [2.75, 3.05) is 12.4 Å². The lowest BCUT2D eigenvalue weighted by atomic mass is 9.93. The highest BCUT2D eigenvalue weighted by molar-refractivity contribution is 14.1. The molecule has 0 spiro atoms. The zero-order chi connectivity index (χ0) is 22.8. The summed E-state index contributed by atoms with van der Waals surface area (Å²) < 4.78 is 20.8. The Morgan fingerprint density at radius 2 is 1.82 bits per heavy atom. The van der Waals surface area contributed by atoms with Gasteiger partial charge in [0.2, 0.25) is 5.95 Å². The number of hydrogen-bond acceptors (Lipinski definition) is 5. The molecule has 0 bridgehead atoms. The maximum absolute atomic E-state index is 14.7. The third kappa shape index (κ3) is 4.32. The van der Waals surface area contributed by atoms with Gasteiger partial charge < -0.3 is 10.1 Å². The summed E-state index contributed by atoms with van der Waals surface area (Å²) in [7, 11) is 1.64. The van der Waals surface area contributed by atoms with Gasteiger partial charge in [-0.1, -0.05) is 46.9 Å². The van der Waals surface area contributed by atoms with Crippen LogP contribution in [-0.2, 0) is 11.0 Å². The molecule has 1 aliphatic heterocycles. The third-order valence-corrected chi connectivity index (χ3v) is 6.38. The van der Waals surface area contributed by atoms with Crippen molar-refractivity contribution >= 4 is 39.9 Å².